The Hall–Kier alpha value is -1.70. The van der Waals surface area contributed by atoms with Crippen molar-refractivity contribution in [2.75, 3.05) is 0 Å². The van der Waals surface area contributed by atoms with Gasteiger partial charge >= 0.3 is 0 Å². The van der Waals surface area contributed by atoms with Crippen molar-refractivity contribution in [2.45, 2.75) is 13.3 Å². The lowest BCUT2D eigenvalue weighted by Crippen LogP contribution is -2.14. The number of aromatic nitrogens is 1. The fourth-order valence-corrected chi connectivity index (χ4v) is 1.00. The van der Waals surface area contributed by atoms with E-state index in [-0.39, 0.29) is 0 Å². The minimum absolute atomic E-state index is 0.319. The number of aromatic amines is 1. The summed E-state index contributed by atoms with van der Waals surface area (Å²) in [4.78, 5) is 13.3. The maximum Gasteiger partial charge on any atom is 0.266 e. The van der Waals surface area contributed by atoms with Crippen LogP contribution >= 0.6 is 0 Å². The third kappa shape index (κ3) is 1.72. The summed E-state index contributed by atoms with van der Waals surface area (Å²) in [5.74, 6) is 0. The zero-order valence-electron chi connectivity index (χ0n) is 6.77. The first-order valence-electron chi connectivity index (χ1n) is 3.48. The predicted molar refractivity (Wildman–Crippen MR) is 41.5 cm³/mol. The first kappa shape index (κ1) is 9.39. The van der Waals surface area contributed by atoms with E-state index in [1.165, 1.54) is 13.0 Å². The Bertz CT molecular complexity index is 417. The topological polar surface area (TPSA) is 56.6 Å². The van der Waals surface area contributed by atoms with Crippen LogP contribution in [0, 0.1) is 18.3 Å². The lowest BCUT2D eigenvalue weighted by atomic mass is 10.1. The van der Waals surface area contributed by atoms with Crippen LogP contribution in [0.4, 0.5) is 8.78 Å². The molecular formula is C8H6F2N2O. The molecule has 0 atom stereocenters. The van der Waals surface area contributed by atoms with Gasteiger partial charge in [-0.3, -0.25) is 4.79 Å². The van der Waals surface area contributed by atoms with Crippen LogP contribution in [0.5, 0.6) is 0 Å². The van der Waals surface area contributed by atoms with Crippen molar-refractivity contribution < 1.29 is 8.78 Å². The summed E-state index contributed by atoms with van der Waals surface area (Å²) in [5, 5.41) is 8.44. The summed E-state index contributed by atoms with van der Waals surface area (Å²) in [6.07, 6.45) is -2.80. The van der Waals surface area contributed by atoms with Gasteiger partial charge in [-0.05, 0) is 13.0 Å². The molecular weight excluding hydrogens is 178 g/mol. The second-order valence-electron chi connectivity index (χ2n) is 2.52. The van der Waals surface area contributed by atoms with Gasteiger partial charge in [0.1, 0.15) is 11.6 Å². The summed E-state index contributed by atoms with van der Waals surface area (Å²) < 4.78 is 24.5. The molecule has 0 unspecified atom stereocenters. The van der Waals surface area contributed by atoms with E-state index < -0.39 is 23.1 Å². The molecule has 1 rings (SSSR count). The van der Waals surface area contributed by atoms with Crippen molar-refractivity contribution in [2.24, 2.45) is 0 Å². The molecule has 5 heteroatoms. The van der Waals surface area contributed by atoms with Crippen molar-refractivity contribution in [3.63, 3.8) is 0 Å². The molecule has 0 aliphatic rings. The zero-order valence-corrected chi connectivity index (χ0v) is 6.77. The van der Waals surface area contributed by atoms with Gasteiger partial charge in [-0.15, -0.1) is 0 Å². The number of nitriles is 1. The van der Waals surface area contributed by atoms with E-state index in [1.54, 1.807) is 0 Å². The van der Waals surface area contributed by atoms with Gasteiger partial charge in [-0.1, -0.05) is 0 Å². The number of hydrogen-bond acceptors (Lipinski definition) is 2. The molecule has 0 aliphatic carbocycles. The summed E-state index contributed by atoms with van der Waals surface area (Å²) >= 11 is 0. The van der Waals surface area contributed by atoms with E-state index in [4.69, 9.17) is 5.26 Å². The normalized spacial score (nSPS) is 10.1. The van der Waals surface area contributed by atoms with Gasteiger partial charge in [-0.25, -0.2) is 8.78 Å². The number of nitrogens with zero attached hydrogens (tertiary/aromatic N) is 1. The molecule has 1 aromatic rings. The highest BCUT2D eigenvalue weighted by Gasteiger charge is 2.16. The number of nitrogens with one attached hydrogen (secondary N) is 1. The molecule has 0 saturated carbocycles. The highest BCUT2D eigenvalue weighted by molar-refractivity contribution is 5.37. The number of halogens is 2. The van der Waals surface area contributed by atoms with Crippen molar-refractivity contribution in [1.82, 2.24) is 4.98 Å². The third-order valence-corrected chi connectivity index (χ3v) is 1.55. The number of H-pyrrole nitrogens is 1. The molecule has 0 bridgehead atoms. The maximum absolute atomic E-state index is 12.3. The molecule has 3 nitrogen and oxygen atoms in total. The molecule has 0 amide bonds. The second kappa shape index (κ2) is 3.35. The van der Waals surface area contributed by atoms with Gasteiger partial charge in [0.15, 0.2) is 0 Å². The van der Waals surface area contributed by atoms with E-state index in [9.17, 15) is 13.6 Å². The van der Waals surface area contributed by atoms with Crippen molar-refractivity contribution in [3.05, 3.63) is 33.2 Å². The van der Waals surface area contributed by atoms with E-state index in [2.05, 4.69) is 4.98 Å². The first-order valence-corrected chi connectivity index (χ1v) is 3.48. The summed E-state index contributed by atoms with van der Waals surface area (Å²) in [6, 6.07) is 2.55. The SMILES string of the molecule is Cc1cc(C(F)F)c(C#N)c(=O)[nH]1. The molecule has 1 aromatic heterocycles. The molecule has 0 aromatic carbocycles. The van der Waals surface area contributed by atoms with Crippen molar-refractivity contribution in [3.8, 4) is 6.07 Å². The fraction of sp³-hybridized carbons (Fsp3) is 0.250. The van der Waals surface area contributed by atoms with Crippen LogP contribution in [0.3, 0.4) is 0 Å². The number of alkyl halides is 2. The van der Waals surface area contributed by atoms with Crippen LogP contribution < -0.4 is 5.56 Å². The number of hydrogen-bond donors (Lipinski definition) is 1. The largest absolute Gasteiger partial charge is 0.325 e. The molecule has 68 valence electrons. The Labute approximate surface area is 72.6 Å². The Kier molecular flexibility index (Phi) is 2.42. The lowest BCUT2D eigenvalue weighted by Gasteiger charge is -2.02. The third-order valence-electron chi connectivity index (χ3n) is 1.55. The number of aryl methyl sites for hydroxylation is 1. The van der Waals surface area contributed by atoms with E-state index in [0.29, 0.717) is 5.69 Å². The van der Waals surface area contributed by atoms with Crippen LogP contribution in [0.1, 0.15) is 23.2 Å². The standard InChI is InChI=1S/C8H6F2N2O/c1-4-2-5(7(9)10)6(3-11)8(13)12-4/h2,7H,1H3,(H,12,13). The average molecular weight is 184 g/mol. The summed E-state index contributed by atoms with van der Waals surface area (Å²) in [7, 11) is 0. The van der Waals surface area contributed by atoms with Gasteiger partial charge in [-0.2, -0.15) is 5.26 Å². The van der Waals surface area contributed by atoms with E-state index >= 15 is 0 Å². The van der Waals surface area contributed by atoms with Crippen LogP contribution in [0.2, 0.25) is 0 Å². The van der Waals surface area contributed by atoms with Gasteiger partial charge < -0.3 is 4.98 Å². The molecule has 13 heavy (non-hydrogen) atoms. The Balaban J connectivity index is 3.50. The maximum atomic E-state index is 12.3. The van der Waals surface area contributed by atoms with Crippen LogP contribution in [0.15, 0.2) is 10.9 Å². The highest BCUT2D eigenvalue weighted by Crippen LogP contribution is 2.20. The zero-order chi connectivity index (χ0) is 10.0. The fourth-order valence-electron chi connectivity index (χ4n) is 1.00. The summed E-state index contributed by atoms with van der Waals surface area (Å²) in [6.45, 7) is 1.48. The monoisotopic (exact) mass is 184 g/mol. The van der Waals surface area contributed by atoms with Gasteiger partial charge in [0.2, 0.25) is 0 Å². The molecule has 0 aliphatic heterocycles. The number of pyridine rings is 1. The molecule has 0 radical (unpaired) electrons. The minimum atomic E-state index is -2.80. The van der Waals surface area contributed by atoms with Gasteiger partial charge in [0.25, 0.3) is 12.0 Å². The molecule has 0 saturated heterocycles. The van der Waals surface area contributed by atoms with E-state index in [0.717, 1.165) is 6.07 Å². The van der Waals surface area contributed by atoms with Crippen LogP contribution in [-0.2, 0) is 0 Å². The molecule has 0 spiro atoms. The first-order chi connectivity index (χ1) is 6.06. The molecule has 0 fully saturated rings. The van der Waals surface area contributed by atoms with Crippen LogP contribution in [-0.4, -0.2) is 4.98 Å². The lowest BCUT2D eigenvalue weighted by molar-refractivity contribution is 0.150. The predicted octanol–water partition coefficient (Wildman–Crippen LogP) is 1.49. The van der Waals surface area contributed by atoms with Gasteiger partial charge in [0, 0.05) is 11.3 Å². The summed E-state index contributed by atoms with van der Waals surface area (Å²) in [5.41, 5.74) is -1.47. The number of rotatable bonds is 1. The van der Waals surface area contributed by atoms with Gasteiger partial charge in [0.05, 0.1) is 0 Å². The van der Waals surface area contributed by atoms with Crippen LogP contribution in [0.25, 0.3) is 0 Å². The Morgan fingerprint density at radius 3 is 2.69 bits per heavy atom. The average Bonchev–Trinajstić information content (AvgIpc) is 2.02. The molecule has 1 N–H and O–H groups in total. The minimum Gasteiger partial charge on any atom is -0.325 e. The molecule has 1 heterocycles. The van der Waals surface area contributed by atoms with Crippen molar-refractivity contribution in [1.29, 1.82) is 5.26 Å². The highest BCUT2D eigenvalue weighted by atomic mass is 19.3. The Morgan fingerprint density at radius 1 is 1.62 bits per heavy atom. The Morgan fingerprint density at radius 2 is 2.23 bits per heavy atom. The second-order valence-corrected chi connectivity index (χ2v) is 2.52. The van der Waals surface area contributed by atoms with E-state index in [1.807, 2.05) is 0 Å². The smallest absolute Gasteiger partial charge is 0.266 e. The van der Waals surface area contributed by atoms with Crippen molar-refractivity contribution >= 4 is 0 Å². The quantitative estimate of drug-likeness (QED) is 0.718.